The number of nitro groups is 1. The summed E-state index contributed by atoms with van der Waals surface area (Å²) in [6, 6.07) is 4.99. The van der Waals surface area contributed by atoms with Crippen molar-refractivity contribution >= 4 is 17.2 Å². The number of Topliss-reactive ketones (excluding diaryl/α,β-unsaturated/α-hetero) is 1. The summed E-state index contributed by atoms with van der Waals surface area (Å²) in [5.74, 6) is 0.145. The van der Waals surface area contributed by atoms with E-state index in [1.165, 1.54) is 6.07 Å². The molecule has 17 heavy (non-hydrogen) atoms. The molecule has 0 bridgehead atoms. The van der Waals surface area contributed by atoms with Crippen molar-refractivity contribution in [1.29, 1.82) is 0 Å². The van der Waals surface area contributed by atoms with Gasteiger partial charge in [0.25, 0.3) is 5.69 Å². The van der Waals surface area contributed by atoms with E-state index < -0.39 is 4.92 Å². The number of benzene rings is 1. The molecule has 1 aliphatic rings. The third-order valence-corrected chi connectivity index (χ3v) is 2.92. The van der Waals surface area contributed by atoms with Gasteiger partial charge in [0.2, 0.25) is 0 Å². The fourth-order valence-corrected chi connectivity index (χ4v) is 2.08. The van der Waals surface area contributed by atoms with Gasteiger partial charge >= 0.3 is 0 Å². The van der Waals surface area contributed by atoms with E-state index in [4.69, 9.17) is 0 Å². The maximum absolute atomic E-state index is 11.4. The number of carbonyl (C=O) groups excluding carboxylic acids is 1. The third-order valence-electron chi connectivity index (χ3n) is 2.92. The van der Waals surface area contributed by atoms with Gasteiger partial charge in [-0.3, -0.25) is 14.9 Å². The van der Waals surface area contributed by atoms with Crippen LogP contribution < -0.4 is 4.90 Å². The molecule has 1 heterocycles. The molecule has 0 atom stereocenters. The Kier molecular flexibility index (Phi) is 3.08. The van der Waals surface area contributed by atoms with Crippen molar-refractivity contribution < 1.29 is 9.72 Å². The Balaban J connectivity index is 2.38. The zero-order valence-electron chi connectivity index (χ0n) is 9.68. The van der Waals surface area contributed by atoms with E-state index in [9.17, 15) is 14.9 Å². The van der Waals surface area contributed by atoms with Crippen molar-refractivity contribution in [2.75, 3.05) is 18.0 Å². The molecule has 1 saturated heterocycles. The summed E-state index contributed by atoms with van der Waals surface area (Å²) in [6.07, 6.45) is 1.35. The molecule has 1 aromatic carbocycles. The minimum atomic E-state index is -0.395. The monoisotopic (exact) mass is 234 g/mol. The van der Waals surface area contributed by atoms with E-state index in [0.717, 1.165) is 12.0 Å². The van der Waals surface area contributed by atoms with Crippen LogP contribution in [0.1, 0.15) is 18.4 Å². The highest BCUT2D eigenvalue weighted by Gasteiger charge is 2.23. The van der Waals surface area contributed by atoms with E-state index in [2.05, 4.69) is 0 Å². The van der Waals surface area contributed by atoms with Crippen LogP contribution >= 0.6 is 0 Å². The van der Waals surface area contributed by atoms with Crippen molar-refractivity contribution in [3.05, 3.63) is 33.9 Å². The van der Waals surface area contributed by atoms with Gasteiger partial charge in [-0.05, 0) is 25.0 Å². The number of nitrogens with zero attached hydrogens (tertiary/aromatic N) is 2. The Morgan fingerprint density at radius 2 is 2.18 bits per heavy atom. The predicted molar refractivity (Wildman–Crippen MR) is 64.3 cm³/mol. The lowest BCUT2D eigenvalue weighted by Gasteiger charge is -2.27. The smallest absolute Gasteiger partial charge is 0.292 e. The maximum atomic E-state index is 11.4. The average Bonchev–Trinajstić information content (AvgIpc) is 2.28. The summed E-state index contributed by atoms with van der Waals surface area (Å²) in [4.78, 5) is 23.8. The molecule has 0 aliphatic carbocycles. The second-order valence-corrected chi connectivity index (χ2v) is 4.31. The topological polar surface area (TPSA) is 63.5 Å². The Morgan fingerprint density at radius 1 is 1.41 bits per heavy atom. The summed E-state index contributed by atoms with van der Waals surface area (Å²) < 4.78 is 0. The average molecular weight is 234 g/mol. The molecule has 1 aromatic rings. The van der Waals surface area contributed by atoms with Crippen LogP contribution in [0.15, 0.2) is 18.2 Å². The Hall–Kier alpha value is -1.91. The van der Waals surface area contributed by atoms with Crippen LogP contribution in [-0.4, -0.2) is 23.8 Å². The van der Waals surface area contributed by atoms with Gasteiger partial charge in [0, 0.05) is 19.0 Å². The Morgan fingerprint density at radius 3 is 2.82 bits per heavy atom. The van der Waals surface area contributed by atoms with Gasteiger partial charge in [-0.2, -0.15) is 0 Å². The number of anilines is 1. The largest absolute Gasteiger partial charge is 0.359 e. The molecule has 5 heteroatoms. The molecule has 0 amide bonds. The number of ketones is 1. The van der Waals surface area contributed by atoms with Gasteiger partial charge in [0.15, 0.2) is 5.78 Å². The predicted octanol–water partition coefficient (Wildman–Crippen LogP) is 2.07. The van der Waals surface area contributed by atoms with Crippen LogP contribution in [0, 0.1) is 17.0 Å². The number of aryl methyl sites for hydroxylation is 1. The van der Waals surface area contributed by atoms with Crippen LogP contribution in [0.25, 0.3) is 0 Å². The van der Waals surface area contributed by atoms with Crippen molar-refractivity contribution in [1.82, 2.24) is 0 Å². The van der Waals surface area contributed by atoms with Crippen LogP contribution in [0.5, 0.6) is 0 Å². The number of piperidine rings is 1. The molecule has 0 spiro atoms. The summed E-state index contributed by atoms with van der Waals surface area (Å²) in [6.45, 7) is 2.87. The first kappa shape index (κ1) is 11.6. The van der Waals surface area contributed by atoms with Gasteiger partial charge < -0.3 is 4.90 Å². The molecule has 0 saturated carbocycles. The highest BCUT2D eigenvalue weighted by atomic mass is 16.6. The summed E-state index contributed by atoms with van der Waals surface area (Å²) >= 11 is 0. The second-order valence-electron chi connectivity index (χ2n) is 4.31. The second kappa shape index (κ2) is 4.53. The molecule has 0 unspecified atom stereocenters. The van der Waals surface area contributed by atoms with E-state index >= 15 is 0 Å². The third kappa shape index (κ3) is 2.43. The molecule has 1 aliphatic heterocycles. The van der Waals surface area contributed by atoms with Crippen molar-refractivity contribution in [2.24, 2.45) is 0 Å². The fourth-order valence-electron chi connectivity index (χ4n) is 2.08. The lowest BCUT2D eigenvalue weighted by molar-refractivity contribution is -0.384. The molecule has 1 fully saturated rings. The van der Waals surface area contributed by atoms with E-state index in [1.807, 2.05) is 6.92 Å². The lowest BCUT2D eigenvalue weighted by atomic mass is 10.1. The molecule has 0 radical (unpaired) electrons. The zero-order chi connectivity index (χ0) is 12.4. The number of hydrogen-bond donors (Lipinski definition) is 0. The van der Waals surface area contributed by atoms with Gasteiger partial charge in [-0.25, -0.2) is 0 Å². The van der Waals surface area contributed by atoms with Crippen molar-refractivity contribution in [3.8, 4) is 0 Å². The number of nitro benzene ring substituents is 1. The van der Waals surface area contributed by atoms with Gasteiger partial charge in [-0.1, -0.05) is 6.07 Å². The van der Waals surface area contributed by atoms with E-state index in [1.54, 1.807) is 17.0 Å². The molecule has 90 valence electrons. The van der Waals surface area contributed by atoms with E-state index in [0.29, 0.717) is 18.7 Å². The SMILES string of the molecule is Cc1ccc([N+](=O)[O-])c(N2CCCC(=O)C2)c1. The minimum absolute atomic E-state index is 0.0744. The highest BCUT2D eigenvalue weighted by molar-refractivity contribution is 5.85. The zero-order valence-corrected chi connectivity index (χ0v) is 9.68. The van der Waals surface area contributed by atoms with E-state index in [-0.39, 0.29) is 18.0 Å². The first-order chi connectivity index (χ1) is 8.08. The first-order valence-corrected chi connectivity index (χ1v) is 5.59. The number of carbonyl (C=O) groups is 1. The molecule has 2 rings (SSSR count). The summed E-state index contributed by atoms with van der Waals surface area (Å²) in [5.41, 5.74) is 1.59. The van der Waals surface area contributed by atoms with Crippen LogP contribution in [0.4, 0.5) is 11.4 Å². The van der Waals surface area contributed by atoms with Gasteiger partial charge in [0.05, 0.1) is 11.5 Å². The lowest BCUT2D eigenvalue weighted by Crippen LogP contribution is -2.35. The summed E-state index contributed by atoms with van der Waals surface area (Å²) in [5, 5.41) is 11.0. The molecule has 0 N–H and O–H groups in total. The highest BCUT2D eigenvalue weighted by Crippen LogP contribution is 2.30. The minimum Gasteiger partial charge on any atom is -0.359 e. The van der Waals surface area contributed by atoms with Crippen molar-refractivity contribution in [2.45, 2.75) is 19.8 Å². The quantitative estimate of drug-likeness (QED) is 0.580. The summed E-state index contributed by atoms with van der Waals surface area (Å²) in [7, 11) is 0. The Labute approximate surface area is 99.2 Å². The number of hydrogen-bond acceptors (Lipinski definition) is 4. The molecular weight excluding hydrogens is 220 g/mol. The standard InChI is InChI=1S/C12H14N2O3/c1-9-4-5-11(14(16)17)12(7-9)13-6-2-3-10(15)8-13/h4-5,7H,2-3,6,8H2,1H3. The fraction of sp³-hybridized carbons (Fsp3) is 0.417. The van der Waals surface area contributed by atoms with Crippen LogP contribution in [0.2, 0.25) is 0 Å². The van der Waals surface area contributed by atoms with Gasteiger partial charge in [0.1, 0.15) is 5.69 Å². The van der Waals surface area contributed by atoms with Crippen LogP contribution in [0.3, 0.4) is 0 Å². The Bertz CT molecular complexity index is 471. The van der Waals surface area contributed by atoms with Crippen LogP contribution in [-0.2, 0) is 4.79 Å². The maximum Gasteiger partial charge on any atom is 0.292 e. The number of rotatable bonds is 2. The molecule has 5 nitrogen and oxygen atoms in total. The normalized spacial score (nSPS) is 16.1. The first-order valence-electron chi connectivity index (χ1n) is 5.59. The molecule has 0 aromatic heterocycles. The van der Waals surface area contributed by atoms with Crippen molar-refractivity contribution in [3.63, 3.8) is 0 Å². The molecular formula is C12H14N2O3. The van der Waals surface area contributed by atoms with Gasteiger partial charge in [-0.15, -0.1) is 0 Å².